The number of aryl methyl sites for hydroxylation is 1. The van der Waals surface area contributed by atoms with Gasteiger partial charge in [-0.15, -0.1) is 11.6 Å². The number of anilines is 1. The normalized spacial score (nSPS) is 21.8. The second kappa shape index (κ2) is 17.8. The van der Waals surface area contributed by atoms with Gasteiger partial charge in [0.05, 0.1) is 28.1 Å². The first-order valence-electron chi connectivity index (χ1n) is 20.8. The van der Waals surface area contributed by atoms with Crippen LogP contribution in [0.2, 0.25) is 5.02 Å². The highest BCUT2D eigenvalue weighted by molar-refractivity contribution is 6.31. The third-order valence-corrected chi connectivity index (χ3v) is 13.0. The predicted molar refractivity (Wildman–Crippen MR) is 234 cm³/mol. The van der Waals surface area contributed by atoms with Crippen molar-refractivity contribution in [3.05, 3.63) is 98.8 Å². The second-order valence-corrected chi connectivity index (χ2v) is 18.1. The Balaban J connectivity index is 0.910. The molecule has 0 bridgehead atoms. The molecule has 2 N–H and O–H groups in total. The molecule has 4 aromatic rings. The van der Waals surface area contributed by atoms with Crippen molar-refractivity contribution in [2.45, 2.75) is 97.8 Å². The molecule has 2 amide bonds. The SMILES string of the molecule is Cc1nc2c(OCCCCCCl)cccc2c(=O)n1C1CC/C(=C/C2CCN(c3ccc(C(=O)N[C@H]4C(C)(C)[C@H](Oc5ccc(C#N)c(Cl)c5)C4(C)C)cn3)CC2)NC1=O. The molecule has 12 nitrogen and oxygen atoms in total. The maximum absolute atomic E-state index is 13.8. The first-order valence-corrected chi connectivity index (χ1v) is 21.7. The molecule has 1 atom stereocenters. The number of alkyl halides is 1. The molecular formula is C46H53Cl2N7O5. The maximum Gasteiger partial charge on any atom is 0.262 e. The van der Waals surface area contributed by atoms with Crippen LogP contribution in [0.25, 0.3) is 10.9 Å². The average Bonchev–Trinajstić information content (AvgIpc) is 3.23. The molecule has 2 aliphatic heterocycles. The summed E-state index contributed by atoms with van der Waals surface area (Å²) in [6.07, 6.45) is 9.29. The van der Waals surface area contributed by atoms with Gasteiger partial charge in [0.25, 0.3) is 11.5 Å². The number of amides is 2. The zero-order valence-electron chi connectivity index (χ0n) is 34.9. The van der Waals surface area contributed by atoms with Gasteiger partial charge in [0.1, 0.15) is 46.9 Å². The summed E-state index contributed by atoms with van der Waals surface area (Å²) >= 11 is 12.0. The van der Waals surface area contributed by atoms with Crippen LogP contribution in [-0.2, 0) is 4.79 Å². The number of para-hydroxylation sites is 1. The van der Waals surface area contributed by atoms with Gasteiger partial charge in [-0.1, -0.05) is 51.4 Å². The van der Waals surface area contributed by atoms with Crippen molar-refractivity contribution in [3.63, 3.8) is 0 Å². The largest absolute Gasteiger partial charge is 0.491 e. The molecule has 316 valence electrons. The van der Waals surface area contributed by atoms with E-state index in [2.05, 4.69) is 60.4 Å². The number of fused-ring (bicyclic) bond motifs is 1. The van der Waals surface area contributed by atoms with Crippen molar-refractivity contribution >= 4 is 51.7 Å². The van der Waals surface area contributed by atoms with Gasteiger partial charge in [-0.05, 0) is 94.2 Å². The van der Waals surface area contributed by atoms with E-state index in [1.54, 1.807) is 43.5 Å². The fraction of sp³-hybridized carbons (Fsp3) is 0.478. The molecule has 7 rings (SSSR count). The van der Waals surface area contributed by atoms with Gasteiger partial charge >= 0.3 is 0 Å². The van der Waals surface area contributed by atoms with Crippen molar-refractivity contribution < 1.29 is 19.1 Å². The van der Waals surface area contributed by atoms with Gasteiger partial charge < -0.3 is 25.0 Å². The number of halogens is 2. The second-order valence-electron chi connectivity index (χ2n) is 17.4. The number of aromatic nitrogens is 3. The molecule has 4 heterocycles. The quantitative estimate of drug-likeness (QED) is 0.100. The molecule has 2 saturated heterocycles. The number of unbranched alkanes of at least 4 members (excludes halogenated alkanes) is 2. The molecule has 60 heavy (non-hydrogen) atoms. The van der Waals surface area contributed by atoms with Crippen LogP contribution < -0.4 is 30.6 Å². The zero-order valence-corrected chi connectivity index (χ0v) is 36.4. The number of rotatable bonds is 13. The number of carbonyl (C=O) groups excluding carboxylic acids is 2. The number of hydrogen-bond acceptors (Lipinski definition) is 9. The summed E-state index contributed by atoms with van der Waals surface area (Å²) < 4.78 is 13.9. The Labute approximate surface area is 361 Å². The number of pyridine rings is 1. The molecule has 2 aromatic heterocycles. The van der Waals surface area contributed by atoms with E-state index in [4.69, 9.17) is 37.7 Å². The number of hydrogen-bond donors (Lipinski definition) is 2. The molecule has 14 heteroatoms. The van der Waals surface area contributed by atoms with Gasteiger partial charge in [-0.2, -0.15) is 5.26 Å². The molecule has 0 spiro atoms. The number of nitriles is 1. The minimum Gasteiger partial charge on any atom is -0.491 e. The zero-order chi connectivity index (χ0) is 42.8. The number of nitrogens with one attached hydrogen (secondary N) is 2. The summed E-state index contributed by atoms with van der Waals surface area (Å²) in [5, 5.41) is 16.3. The van der Waals surface area contributed by atoms with Crippen LogP contribution in [0, 0.1) is 35.0 Å². The molecule has 0 radical (unpaired) electrons. The number of ether oxygens (including phenoxy) is 2. The maximum atomic E-state index is 13.8. The van der Waals surface area contributed by atoms with E-state index >= 15 is 0 Å². The van der Waals surface area contributed by atoms with Crippen LogP contribution in [0.15, 0.2) is 71.3 Å². The van der Waals surface area contributed by atoms with Crippen LogP contribution in [0.5, 0.6) is 11.5 Å². The number of nitrogens with zero attached hydrogens (tertiary/aromatic N) is 5. The Morgan fingerprint density at radius 2 is 1.82 bits per heavy atom. The van der Waals surface area contributed by atoms with E-state index in [9.17, 15) is 19.6 Å². The lowest BCUT2D eigenvalue weighted by Crippen LogP contribution is -2.74. The topological polar surface area (TPSA) is 151 Å². The van der Waals surface area contributed by atoms with Crippen molar-refractivity contribution in [2.75, 3.05) is 30.5 Å². The van der Waals surface area contributed by atoms with Gasteiger partial charge in [0, 0.05) is 53.8 Å². The number of carbonyl (C=O) groups is 2. The number of piperidine rings is 2. The van der Waals surface area contributed by atoms with Gasteiger partial charge in [0.2, 0.25) is 5.91 Å². The standard InChI is InChI=1S/C46H53Cl2N7O5/c1-28-51-39-34(10-9-11-37(39)59-23-8-6-7-20-47)42(58)55(28)36-16-14-32(52-41(36)57)24-29-18-21-54(22-19-29)38-17-13-31(27-50-38)40(56)53-43-45(2,3)44(46(43,4)5)60-33-15-12-30(26-49)35(48)25-33/h9-13,15,17,24-25,27,29,36,43-44H,6-8,14,16,18-23H2,1-5H3,(H,52,57)(H,53,56)/b32-24-/t36?,43-,44-. The minimum atomic E-state index is -0.651. The highest BCUT2D eigenvalue weighted by Crippen LogP contribution is 2.55. The molecule has 3 fully saturated rings. The third kappa shape index (κ3) is 8.70. The minimum absolute atomic E-state index is 0.164. The van der Waals surface area contributed by atoms with Gasteiger partial charge in [0.15, 0.2) is 0 Å². The average molecular weight is 855 g/mol. The fourth-order valence-corrected chi connectivity index (χ4v) is 9.94. The van der Waals surface area contributed by atoms with E-state index in [1.807, 2.05) is 18.2 Å². The fourth-order valence-electron chi connectivity index (χ4n) is 9.54. The first-order chi connectivity index (χ1) is 28.7. The van der Waals surface area contributed by atoms with Crippen LogP contribution in [0.4, 0.5) is 5.82 Å². The first kappa shape index (κ1) is 43.0. The Kier molecular flexibility index (Phi) is 12.8. The van der Waals surface area contributed by atoms with E-state index in [1.165, 1.54) is 4.57 Å². The summed E-state index contributed by atoms with van der Waals surface area (Å²) in [6.45, 7) is 12.2. The summed E-state index contributed by atoms with van der Waals surface area (Å²) in [7, 11) is 0. The third-order valence-electron chi connectivity index (χ3n) is 12.4. The predicted octanol–water partition coefficient (Wildman–Crippen LogP) is 8.28. The lowest BCUT2D eigenvalue weighted by molar-refractivity contribution is -0.164. The summed E-state index contributed by atoms with van der Waals surface area (Å²) in [4.78, 5) is 52.4. The Morgan fingerprint density at radius 1 is 1.05 bits per heavy atom. The molecule has 1 saturated carbocycles. The van der Waals surface area contributed by atoms with Crippen LogP contribution >= 0.6 is 23.2 Å². The van der Waals surface area contributed by atoms with Gasteiger partial charge in [-0.3, -0.25) is 19.0 Å². The number of allylic oxidation sites excluding steroid dienone is 2. The van der Waals surface area contributed by atoms with E-state index in [0.29, 0.717) is 69.7 Å². The Hall–Kier alpha value is -5.12. The molecular weight excluding hydrogens is 801 g/mol. The smallest absolute Gasteiger partial charge is 0.262 e. The van der Waals surface area contributed by atoms with E-state index in [0.717, 1.165) is 56.7 Å². The summed E-state index contributed by atoms with van der Waals surface area (Å²) in [5.74, 6) is 2.96. The van der Waals surface area contributed by atoms with Gasteiger partial charge in [-0.25, -0.2) is 9.97 Å². The Bertz CT molecular complexity index is 2370. The highest BCUT2D eigenvalue weighted by Gasteiger charge is 2.64. The molecule has 1 unspecified atom stereocenters. The van der Waals surface area contributed by atoms with E-state index in [-0.39, 0.29) is 46.3 Å². The van der Waals surface area contributed by atoms with E-state index < -0.39 is 6.04 Å². The highest BCUT2D eigenvalue weighted by atomic mass is 35.5. The summed E-state index contributed by atoms with van der Waals surface area (Å²) in [5.41, 5.74) is 1.27. The van der Waals surface area contributed by atoms with Crippen LogP contribution in [0.3, 0.4) is 0 Å². The lowest BCUT2D eigenvalue weighted by Gasteiger charge is -2.63. The van der Waals surface area contributed by atoms with Crippen molar-refractivity contribution in [2.24, 2.45) is 16.7 Å². The monoisotopic (exact) mass is 853 g/mol. The van der Waals surface area contributed by atoms with Crippen molar-refractivity contribution in [1.82, 2.24) is 25.2 Å². The van der Waals surface area contributed by atoms with Crippen LogP contribution in [0.1, 0.15) is 100 Å². The molecule has 3 aliphatic rings. The molecule has 2 aromatic carbocycles. The Morgan fingerprint density at radius 3 is 2.48 bits per heavy atom. The molecule has 1 aliphatic carbocycles. The number of benzene rings is 2. The lowest BCUT2D eigenvalue weighted by atomic mass is 9.49. The van der Waals surface area contributed by atoms with Crippen molar-refractivity contribution in [3.8, 4) is 17.6 Å². The van der Waals surface area contributed by atoms with Crippen molar-refractivity contribution in [1.29, 1.82) is 5.26 Å². The summed E-state index contributed by atoms with van der Waals surface area (Å²) in [6, 6.07) is 15.4. The van der Waals surface area contributed by atoms with Crippen LogP contribution in [-0.4, -0.2) is 64.1 Å².